The van der Waals surface area contributed by atoms with Gasteiger partial charge in [-0.2, -0.15) is 13.2 Å². The van der Waals surface area contributed by atoms with Crippen LogP contribution in [-0.2, 0) is 11.0 Å². The van der Waals surface area contributed by atoms with Crippen molar-refractivity contribution in [1.82, 2.24) is 14.4 Å². The first-order valence-corrected chi connectivity index (χ1v) is 9.85. The van der Waals surface area contributed by atoms with Crippen molar-refractivity contribution in [1.29, 1.82) is 0 Å². The Morgan fingerprint density at radius 3 is 2.71 bits per heavy atom. The number of aryl methyl sites for hydroxylation is 1. The maximum absolute atomic E-state index is 15.2. The first-order valence-electron chi connectivity index (χ1n) is 11.0. The Bertz CT molecular complexity index is 1520. The van der Waals surface area contributed by atoms with Crippen LogP contribution in [0.2, 0.25) is 5.02 Å². The van der Waals surface area contributed by atoms with Gasteiger partial charge in [0.2, 0.25) is 0 Å². The minimum absolute atomic E-state index is 0.103. The minimum atomic E-state index is -5.02. The number of aliphatic hydroxyl groups excluding tert-OH is 1. The number of nitrogens with two attached hydrogens (primary N) is 1. The number of aromatic nitrogens is 3. The van der Waals surface area contributed by atoms with Crippen molar-refractivity contribution in [3.8, 4) is 11.3 Å². The van der Waals surface area contributed by atoms with Crippen LogP contribution < -0.4 is 11.1 Å². The Morgan fingerprint density at radius 2 is 2.06 bits per heavy atom. The third-order valence-corrected chi connectivity index (χ3v) is 5.12. The second-order valence-corrected chi connectivity index (χ2v) is 7.57. The standard InChI is InChI=1S/C22H16ClF4N5O2/c1-10-30-17(18-20(28)29-9-16(32(10)18)22(25,26)27)14-6-5-13(8-15(14)24)31-21(34)19(33)11-3-2-4-12(23)7-11/h2-9,19,33H,1H3,(H2,28,29)(H,31,34)/t19-/m1/s1/i1D3. The highest BCUT2D eigenvalue weighted by molar-refractivity contribution is 6.30. The van der Waals surface area contributed by atoms with E-state index in [-0.39, 0.29) is 16.3 Å². The molecule has 0 saturated carbocycles. The molecule has 7 nitrogen and oxygen atoms in total. The monoisotopic (exact) mass is 496 g/mol. The van der Waals surface area contributed by atoms with Gasteiger partial charge in [-0.25, -0.2) is 14.4 Å². The first kappa shape index (κ1) is 19.7. The maximum atomic E-state index is 15.2. The van der Waals surface area contributed by atoms with Crippen LogP contribution in [0.25, 0.3) is 16.8 Å². The summed E-state index contributed by atoms with van der Waals surface area (Å²) < 4.78 is 79.3. The number of hydrogen-bond acceptors (Lipinski definition) is 5. The minimum Gasteiger partial charge on any atom is -0.382 e. The normalized spacial score (nSPS) is 14.4. The number of alkyl halides is 3. The molecule has 2 aromatic heterocycles. The number of nitrogen functional groups attached to an aromatic ring is 1. The number of fused-ring (bicyclic) bond motifs is 1. The first-order chi connectivity index (χ1) is 17.2. The van der Waals surface area contributed by atoms with Crippen molar-refractivity contribution in [3.05, 3.63) is 76.6 Å². The fraction of sp³-hybridized carbons (Fsp3) is 0.136. The van der Waals surface area contributed by atoms with E-state index in [0.717, 1.165) is 12.1 Å². The van der Waals surface area contributed by atoms with Gasteiger partial charge in [-0.1, -0.05) is 23.7 Å². The van der Waals surface area contributed by atoms with Gasteiger partial charge in [-0.3, -0.25) is 9.20 Å². The molecule has 1 amide bonds. The quantitative estimate of drug-likeness (QED) is 0.353. The van der Waals surface area contributed by atoms with E-state index >= 15 is 4.39 Å². The number of nitrogens with one attached hydrogen (secondary N) is 1. The summed E-state index contributed by atoms with van der Waals surface area (Å²) in [5, 5.41) is 12.8. The van der Waals surface area contributed by atoms with Crippen LogP contribution in [0.15, 0.2) is 48.7 Å². The molecule has 12 heteroatoms. The molecule has 4 N–H and O–H groups in total. The van der Waals surface area contributed by atoms with E-state index < -0.39 is 65.0 Å². The van der Waals surface area contributed by atoms with Crippen molar-refractivity contribution in [2.45, 2.75) is 19.1 Å². The highest BCUT2D eigenvalue weighted by atomic mass is 35.5. The SMILES string of the molecule is [2H]C([2H])([2H])c1nc(-c2ccc(NC(=O)[C@H](O)c3cccc(Cl)c3)cc2F)c2c(N)ncc(C(F)(F)F)n12. The van der Waals surface area contributed by atoms with E-state index in [1.54, 1.807) is 6.07 Å². The van der Waals surface area contributed by atoms with E-state index in [1.807, 2.05) is 0 Å². The summed E-state index contributed by atoms with van der Waals surface area (Å²) in [6, 6.07) is 8.99. The zero-order valence-corrected chi connectivity index (χ0v) is 17.6. The second-order valence-electron chi connectivity index (χ2n) is 7.14. The van der Waals surface area contributed by atoms with Gasteiger partial charge in [0, 0.05) is 20.4 Å². The molecule has 0 aliphatic rings. The Labute approximate surface area is 199 Å². The molecule has 1 atom stereocenters. The summed E-state index contributed by atoms with van der Waals surface area (Å²) >= 11 is 5.86. The predicted octanol–water partition coefficient (Wildman–Crippen LogP) is 4.77. The van der Waals surface area contributed by atoms with Gasteiger partial charge in [-0.15, -0.1) is 0 Å². The molecule has 4 aromatic rings. The predicted molar refractivity (Wildman–Crippen MR) is 118 cm³/mol. The van der Waals surface area contributed by atoms with Gasteiger partial charge < -0.3 is 16.2 Å². The molecule has 0 bridgehead atoms. The van der Waals surface area contributed by atoms with E-state index in [0.29, 0.717) is 10.6 Å². The summed E-state index contributed by atoms with van der Waals surface area (Å²) in [6.07, 6.45) is -6.29. The van der Waals surface area contributed by atoms with Crippen LogP contribution >= 0.6 is 11.6 Å². The smallest absolute Gasteiger partial charge is 0.382 e. The van der Waals surface area contributed by atoms with Crippen molar-refractivity contribution in [3.63, 3.8) is 0 Å². The van der Waals surface area contributed by atoms with Gasteiger partial charge in [-0.05, 0) is 42.7 Å². The third kappa shape index (κ3) is 4.27. The molecule has 34 heavy (non-hydrogen) atoms. The number of anilines is 2. The number of halogens is 5. The summed E-state index contributed by atoms with van der Waals surface area (Å²) in [6.45, 7) is -3.12. The van der Waals surface area contributed by atoms with E-state index in [2.05, 4.69) is 15.3 Å². The number of rotatable bonds is 4. The highest BCUT2D eigenvalue weighted by Crippen LogP contribution is 2.36. The molecule has 0 spiro atoms. The number of amides is 1. The lowest BCUT2D eigenvalue weighted by Crippen LogP contribution is -2.20. The van der Waals surface area contributed by atoms with Gasteiger partial charge in [0.15, 0.2) is 6.10 Å². The summed E-state index contributed by atoms with van der Waals surface area (Å²) in [4.78, 5) is 19.7. The van der Waals surface area contributed by atoms with Crippen molar-refractivity contribution in [2.75, 3.05) is 11.1 Å². The van der Waals surface area contributed by atoms with Gasteiger partial charge in [0.05, 0.1) is 6.20 Å². The van der Waals surface area contributed by atoms with Crippen LogP contribution in [0.1, 0.15) is 27.3 Å². The highest BCUT2D eigenvalue weighted by Gasteiger charge is 2.36. The van der Waals surface area contributed by atoms with Crippen LogP contribution in [-0.4, -0.2) is 25.4 Å². The molecule has 0 radical (unpaired) electrons. The molecule has 0 fully saturated rings. The van der Waals surface area contributed by atoms with Gasteiger partial charge >= 0.3 is 6.18 Å². The van der Waals surface area contributed by atoms with E-state index in [1.165, 1.54) is 24.3 Å². The molecule has 0 aliphatic carbocycles. The van der Waals surface area contributed by atoms with Crippen LogP contribution in [0.4, 0.5) is 29.1 Å². The molecular formula is C22H16ClF4N5O2. The van der Waals surface area contributed by atoms with Crippen LogP contribution in [0.5, 0.6) is 0 Å². The average molecular weight is 497 g/mol. The van der Waals surface area contributed by atoms with Gasteiger partial charge in [0.1, 0.15) is 34.4 Å². The number of carbonyl (C=O) groups excluding carboxylic acids is 1. The number of imidazole rings is 1. The van der Waals surface area contributed by atoms with E-state index in [4.69, 9.17) is 21.4 Å². The topological polar surface area (TPSA) is 106 Å². The van der Waals surface area contributed by atoms with Crippen LogP contribution in [0.3, 0.4) is 0 Å². The lowest BCUT2D eigenvalue weighted by Gasteiger charge is -2.13. The van der Waals surface area contributed by atoms with Crippen molar-refractivity contribution in [2.24, 2.45) is 0 Å². The third-order valence-electron chi connectivity index (χ3n) is 4.88. The molecule has 0 aliphatic heterocycles. The number of aliphatic hydroxyl groups is 1. The second kappa shape index (κ2) is 8.58. The Morgan fingerprint density at radius 1 is 1.29 bits per heavy atom. The molecule has 0 unspecified atom stereocenters. The summed E-state index contributed by atoms with van der Waals surface area (Å²) in [7, 11) is 0. The molecular weight excluding hydrogens is 478 g/mol. The van der Waals surface area contributed by atoms with E-state index in [9.17, 15) is 23.1 Å². The largest absolute Gasteiger partial charge is 0.433 e. The Kier molecular flexibility index (Phi) is 4.98. The molecule has 0 saturated heterocycles. The lowest BCUT2D eigenvalue weighted by atomic mass is 10.1. The van der Waals surface area contributed by atoms with Crippen molar-refractivity contribution >= 4 is 34.5 Å². The van der Waals surface area contributed by atoms with Crippen molar-refractivity contribution < 1.29 is 31.6 Å². The number of benzene rings is 2. The number of nitrogens with zero attached hydrogens (tertiary/aromatic N) is 3. The zero-order chi connectivity index (χ0) is 27.3. The number of carbonyl (C=O) groups is 1. The molecule has 176 valence electrons. The fourth-order valence-corrected chi connectivity index (χ4v) is 3.55. The van der Waals surface area contributed by atoms with Gasteiger partial charge in [0.25, 0.3) is 5.91 Å². The molecule has 2 aromatic carbocycles. The Hall–Kier alpha value is -3.70. The summed E-state index contributed by atoms with van der Waals surface area (Å²) in [5.41, 5.74) is 2.96. The molecule has 4 rings (SSSR count). The Balaban J connectivity index is 1.77. The molecule has 2 heterocycles. The average Bonchev–Trinajstić information content (AvgIpc) is 3.19. The lowest BCUT2D eigenvalue weighted by molar-refractivity contribution is -0.142. The van der Waals surface area contributed by atoms with Crippen LogP contribution in [0, 0.1) is 12.7 Å². The zero-order valence-electron chi connectivity index (χ0n) is 19.9. The fourth-order valence-electron chi connectivity index (χ4n) is 3.35. The number of hydrogen-bond donors (Lipinski definition) is 3. The summed E-state index contributed by atoms with van der Waals surface area (Å²) in [5.74, 6) is -3.47. The maximum Gasteiger partial charge on any atom is 0.433 e.